The third kappa shape index (κ3) is 5.91. The van der Waals surface area contributed by atoms with Gasteiger partial charge in [0.15, 0.2) is 0 Å². The zero-order valence-corrected chi connectivity index (χ0v) is 22.9. The molecule has 0 radical (unpaired) electrons. The van der Waals surface area contributed by atoms with Gasteiger partial charge >= 0.3 is 0 Å². The highest BCUT2D eigenvalue weighted by atomic mass is 19.1. The van der Waals surface area contributed by atoms with Gasteiger partial charge in [-0.2, -0.15) is 10.4 Å². The van der Waals surface area contributed by atoms with Crippen LogP contribution in [0.5, 0.6) is 5.75 Å². The Morgan fingerprint density at radius 2 is 1.80 bits per heavy atom. The molecule has 0 aliphatic carbocycles. The summed E-state index contributed by atoms with van der Waals surface area (Å²) >= 11 is 0. The lowest BCUT2D eigenvalue weighted by Crippen LogP contribution is -2.46. The van der Waals surface area contributed by atoms with E-state index < -0.39 is 17.2 Å². The second-order valence-corrected chi connectivity index (χ2v) is 10.7. The Kier molecular flexibility index (Phi) is 7.70. The van der Waals surface area contributed by atoms with Gasteiger partial charge in [0, 0.05) is 55.6 Å². The average molecular weight is 547 g/mol. The van der Waals surface area contributed by atoms with Gasteiger partial charge in [-0.25, -0.2) is 18.3 Å². The Balaban J connectivity index is 1.30. The Bertz CT molecular complexity index is 1520. The first-order valence-electron chi connectivity index (χ1n) is 13.3. The minimum atomic E-state index is -1.00. The van der Waals surface area contributed by atoms with Crippen LogP contribution in [0.1, 0.15) is 37.5 Å². The number of ether oxygens (including phenoxy) is 1. The molecule has 1 fully saturated rings. The van der Waals surface area contributed by atoms with E-state index in [0.29, 0.717) is 35.4 Å². The van der Waals surface area contributed by atoms with Crippen LogP contribution in [-0.2, 0) is 13.0 Å². The number of rotatable bonds is 8. The molecule has 4 heterocycles. The predicted molar refractivity (Wildman–Crippen MR) is 148 cm³/mol. The predicted octanol–water partition coefficient (Wildman–Crippen LogP) is 4.58. The number of aromatic nitrogens is 3. The van der Waals surface area contributed by atoms with E-state index in [-0.39, 0.29) is 12.2 Å². The van der Waals surface area contributed by atoms with Gasteiger partial charge in [-0.05, 0) is 56.2 Å². The molecule has 0 amide bonds. The number of hydrogen-bond donors (Lipinski definition) is 1. The Morgan fingerprint density at radius 1 is 1.07 bits per heavy atom. The molecule has 4 aromatic rings. The summed E-state index contributed by atoms with van der Waals surface area (Å²) in [7, 11) is 0. The van der Waals surface area contributed by atoms with Gasteiger partial charge in [0.2, 0.25) is 0 Å². The third-order valence-corrected chi connectivity index (χ3v) is 7.01. The van der Waals surface area contributed by atoms with Gasteiger partial charge < -0.3 is 14.7 Å². The van der Waals surface area contributed by atoms with E-state index in [9.17, 15) is 19.1 Å². The SMILES string of the molecule is CCc1c(F)cc(CN2CCN(c3ccc(-c4cc(OCC(C)(C)O)cn5ncc(C#N)c45)cn3)CC2)cc1F. The fourth-order valence-electron chi connectivity index (χ4n) is 4.95. The Morgan fingerprint density at radius 3 is 2.40 bits per heavy atom. The van der Waals surface area contributed by atoms with E-state index in [1.807, 2.05) is 18.2 Å². The molecular formula is C30H32F2N6O2. The molecule has 0 bridgehead atoms. The molecule has 1 N–H and O–H groups in total. The molecule has 10 heteroatoms. The van der Waals surface area contributed by atoms with Crippen LogP contribution in [0.3, 0.4) is 0 Å². The standard InChI is InChI=1S/C30H32F2N6O2/c1-4-24-26(31)11-20(12-27(24)32)17-36-7-9-37(10-8-36)28-6-5-21(15-34-28)25-13-23(40-19-30(2,3)39)18-38-29(25)22(14-33)16-35-38/h5-6,11-13,15-16,18,39H,4,7-10,17,19H2,1-3H3. The van der Waals surface area contributed by atoms with Crippen molar-refractivity contribution < 1.29 is 18.6 Å². The summed E-state index contributed by atoms with van der Waals surface area (Å²) in [6.45, 7) is 8.61. The molecule has 0 unspecified atom stereocenters. The first-order valence-corrected chi connectivity index (χ1v) is 13.3. The highest BCUT2D eigenvalue weighted by molar-refractivity contribution is 5.85. The molecule has 0 spiro atoms. The van der Waals surface area contributed by atoms with Crippen molar-refractivity contribution in [3.8, 4) is 22.9 Å². The number of nitriles is 1. The maximum Gasteiger partial charge on any atom is 0.138 e. The van der Waals surface area contributed by atoms with Gasteiger partial charge in [-0.3, -0.25) is 4.90 Å². The summed E-state index contributed by atoms with van der Waals surface area (Å²) in [6, 6.07) is 10.8. The van der Waals surface area contributed by atoms with Crippen LogP contribution in [0.4, 0.5) is 14.6 Å². The molecule has 8 nitrogen and oxygen atoms in total. The van der Waals surface area contributed by atoms with E-state index in [1.165, 1.54) is 18.3 Å². The molecule has 1 aromatic carbocycles. The highest BCUT2D eigenvalue weighted by Crippen LogP contribution is 2.32. The number of aliphatic hydroxyl groups is 1. The number of piperazine rings is 1. The first kappa shape index (κ1) is 27.5. The van der Waals surface area contributed by atoms with E-state index in [2.05, 4.69) is 21.0 Å². The van der Waals surface area contributed by atoms with Crippen molar-refractivity contribution in [2.45, 2.75) is 39.3 Å². The Labute approximate surface area is 232 Å². The van der Waals surface area contributed by atoms with Gasteiger partial charge in [-0.15, -0.1) is 0 Å². The highest BCUT2D eigenvalue weighted by Gasteiger charge is 2.21. The van der Waals surface area contributed by atoms with Gasteiger partial charge in [-0.1, -0.05) is 6.92 Å². The molecule has 1 aliphatic rings. The summed E-state index contributed by atoms with van der Waals surface area (Å²) in [5.41, 5.74) is 2.41. The zero-order chi connectivity index (χ0) is 28.4. The summed E-state index contributed by atoms with van der Waals surface area (Å²) < 4.78 is 35.8. The quantitative estimate of drug-likeness (QED) is 0.346. The maximum atomic E-state index is 14.2. The lowest BCUT2D eigenvalue weighted by molar-refractivity contribution is 0.0283. The molecule has 3 aromatic heterocycles. The van der Waals surface area contributed by atoms with Crippen molar-refractivity contribution in [1.29, 1.82) is 5.26 Å². The van der Waals surface area contributed by atoms with Crippen molar-refractivity contribution in [3.05, 3.63) is 77.2 Å². The van der Waals surface area contributed by atoms with Crippen molar-refractivity contribution >= 4 is 11.3 Å². The van der Waals surface area contributed by atoms with E-state index >= 15 is 0 Å². The average Bonchev–Trinajstić information content (AvgIpc) is 3.35. The summed E-state index contributed by atoms with van der Waals surface area (Å²) in [5, 5.41) is 24.0. The topological polar surface area (TPSA) is 89.9 Å². The van der Waals surface area contributed by atoms with Gasteiger partial charge in [0.05, 0.1) is 29.1 Å². The van der Waals surface area contributed by atoms with Crippen LogP contribution in [-0.4, -0.2) is 63.0 Å². The summed E-state index contributed by atoms with van der Waals surface area (Å²) in [4.78, 5) is 9.07. The third-order valence-electron chi connectivity index (χ3n) is 7.01. The normalized spacial score (nSPS) is 14.5. The fourth-order valence-corrected chi connectivity index (χ4v) is 4.95. The van der Waals surface area contributed by atoms with Gasteiger partial charge in [0.25, 0.3) is 0 Å². The lowest BCUT2D eigenvalue weighted by atomic mass is 10.1. The Hall–Kier alpha value is -4.07. The number of anilines is 1. The van der Waals surface area contributed by atoms with Crippen molar-refractivity contribution in [2.24, 2.45) is 0 Å². The second kappa shape index (κ2) is 11.2. The minimum Gasteiger partial charge on any atom is -0.489 e. The monoisotopic (exact) mass is 546 g/mol. The van der Waals surface area contributed by atoms with Crippen LogP contribution < -0.4 is 9.64 Å². The van der Waals surface area contributed by atoms with Crippen molar-refractivity contribution in [2.75, 3.05) is 37.7 Å². The lowest BCUT2D eigenvalue weighted by Gasteiger charge is -2.35. The molecule has 1 saturated heterocycles. The van der Waals surface area contributed by atoms with Crippen LogP contribution >= 0.6 is 0 Å². The summed E-state index contributed by atoms with van der Waals surface area (Å²) in [6.07, 6.45) is 5.30. The zero-order valence-electron chi connectivity index (χ0n) is 22.9. The van der Waals surface area contributed by atoms with Gasteiger partial charge in [0.1, 0.15) is 35.9 Å². The van der Waals surface area contributed by atoms with Crippen LogP contribution in [0.2, 0.25) is 0 Å². The smallest absolute Gasteiger partial charge is 0.138 e. The molecule has 0 atom stereocenters. The minimum absolute atomic E-state index is 0.0986. The van der Waals surface area contributed by atoms with E-state index in [1.54, 1.807) is 37.7 Å². The number of hydrogen-bond acceptors (Lipinski definition) is 7. The van der Waals surface area contributed by atoms with Crippen LogP contribution in [0.25, 0.3) is 16.6 Å². The molecule has 40 heavy (non-hydrogen) atoms. The number of nitrogens with zero attached hydrogens (tertiary/aromatic N) is 6. The summed E-state index contributed by atoms with van der Waals surface area (Å²) in [5.74, 6) is 0.378. The molecule has 5 rings (SSSR count). The maximum absolute atomic E-state index is 14.2. The number of fused-ring (bicyclic) bond motifs is 1. The number of benzene rings is 1. The van der Waals surface area contributed by atoms with Crippen molar-refractivity contribution in [3.63, 3.8) is 0 Å². The second-order valence-electron chi connectivity index (χ2n) is 10.7. The number of halogens is 2. The number of pyridine rings is 2. The van der Waals surface area contributed by atoms with Crippen molar-refractivity contribution in [1.82, 2.24) is 19.5 Å². The fraction of sp³-hybridized carbons (Fsp3) is 0.367. The molecule has 208 valence electrons. The molecule has 0 saturated carbocycles. The van der Waals surface area contributed by atoms with Crippen LogP contribution in [0, 0.1) is 23.0 Å². The first-order chi connectivity index (χ1) is 19.1. The van der Waals surface area contributed by atoms with E-state index in [4.69, 9.17) is 9.72 Å². The largest absolute Gasteiger partial charge is 0.489 e. The van der Waals surface area contributed by atoms with Crippen LogP contribution in [0.15, 0.2) is 48.9 Å². The molecule has 1 aliphatic heterocycles. The van der Waals surface area contributed by atoms with E-state index in [0.717, 1.165) is 43.1 Å². The molecular weight excluding hydrogens is 514 g/mol.